The van der Waals surface area contributed by atoms with Crippen molar-refractivity contribution < 1.29 is 9.47 Å². The van der Waals surface area contributed by atoms with Crippen molar-refractivity contribution in [1.82, 2.24) is 20.0 Å². The maximum Gasteiger partial charge on any atom is 0.193 e. The quantitative estimate of drug-likeness (QED) is 0.250. The number of guanidine groups is 1. The molecule has 0 saturated carbocycles. The summed E-state index contributed by atoms with van der Waals surface area (Å²) in [5, 5.41) is 7.90. The largest absolute Gasteiger partial charge is 0.493 e. The molecule has 0 aliphatic carbocycles. The zero-order valence-electron chi connectivity index (χ0n) is 19.1. The van der Waals surface area contributed by atoms with Crippen molar-refractivity contribution in [2.75, 3.05) is 41.4 Å². The molecule has 1 N–H and O–H groups in total. The van der Waals surface area contributed by atoms with Crippen LogP contribution >= 0.6 is 24.0 Å². The summed E-state index contributed by atoms with van der Waals surface area (Å²) < 4.78 is 12.6. The summed E-state index contributed by atoms with van der Waals surface area (Å²) in [7, 11) is 7.16. The molecule has 1 heterocycles. The number of hydrogen-bond acceptors (Lipinski definition) is 4. The Labute approximate surface area is 207 Å². The highest BCUT2D eigenvalue weighted by molar-refractivity contribution is 14.0. The number of nitrogens with zero attached hydrogens (tertiary/aromatic N) is 4. The first-order valence-electron chi connectivity index (χ1n) is 10.4. The van der Waals surface area contributed by atoms with E-state index in [0.717, 1.165) is 49.1 Å². The predicted octanol–water partition coefficient (Wildman–Crippen LogP) is 3.80. The monoisotopic (exact) mass is 549 g/mol. The summed E-state index contributed by atoms with van der Waals surface area (Å²) in [6.45, 7) is 1.62. The Morgan fingerprint density at radius 1 is 1.03 bits per heavy atom. The minimum absolute atomic E-state index is 0. The highest BCUT2D eigenvalue weighted by atomic mass is 127. The minimum atomic E-state index is 0. The number of aliphatic imine (C=N–C) groups is 1. The molecule has 0 amide bonds. The van der Waals surface area contributed by atoms with Crippen LogP contribution in [0, 0.1) is 0 Å². The number of aromatic nitrogens is 2. The van der Waals surface area contributed by atoms with Gasteiger partial charge in [0.05, 0.1) is 26.1 Å². The molecular formula is C24H32IN5O2. The lowest BCUT2D eigenvalue weighted by Crippen LogP contribution is -2.40. The Balaban J connectivity index is 0.00000363. The van der Waals surface area contributed by atoms with Crippen molar-refractivity contribution in [2.24, 2.45) is 4.99 Å². The fourth-order valence-corrected chi connectivity index (χ4v) is 3.35. The Hall–Kier alpha value is -2.75. The SMILES string of the molecule is CN=C(NCCc1cnn(-c2ccccc2)c1)N(C)CCc1ccc(OC)c(OC)c1.I. The molecule has 0 fully saturated rings. The van der Waals surface area contributed by atoms with E-state index in [4.69, 9.17) is 9.47 Å². The number of ether oxygens (including phenoxy) is 2. The first kappa shape index (κ1) is 25.5. The van der Waals surface area contributed by atoms with E-state index >= 15 is 0 Å². The number of methoxy groups -OCH3 is 2. The number of halogens is 1. The summed E-state index contributed by atoms with van der Waals surface area (Å²) in [5.74, 6) is 2.37. The third kappa shape index (κ3) is 6.88. The Morgan fingerprint density at radius 2 is 1.78 bits per heavy atom. The molecule has 0 atom stereocenters. The second-order valence-electron chi connectivity index (χ2n) is 7.21. The molecule has 0 bridgehead atoms. The first-order chi connectivity index (χ1) is 15.1. The standard InChI is InChI=1S/C24H31N5O2.HI/c1-25-24(28(2)15-13-19-10-11-22(30-3)23(16-19)31-4)26-14-12-20-17-27-29(18-20)21-8-6-5-7-9-21;/h5-11,16-18H,12-15H2,1-4H3,(H,25,26);1H. The van der Waals surface area contributed by atoms with Gasteiger partial charge in [-0.05, 0) is 48.2 Å². The summed E-state index contributed by atoms with van der Waals surface area (Å²) >= 11 is 0. The Bertz CT molecular complexity index is 991. The van der Waals surface area contributed by atoms with Crippen LogP contribution in [0.15, 0.2) is 65.9 Å². The summed E-state index contributed by atoms with van der Waals surface area (Å²) in [4.78, 5) is 6.54. The molecule has 172 valence electrons. The van der Waals surface area contributed by atoms with Gasteiger partial charge in [0.15, 0.2) is 17.5 Å². The average molecular weight is 549 g/mol. The lowest BCUT2D eigenvalue weighted by atomic mass is 10.1. The smallest absolute Gasteiger partial charge is 0.193 e. The number of rotatable bonds is 9. The number of nitrogens with one attached hydrogen (secondary N) is 1. The van der Waals surface area contributed by atoms with E-state index in [1.54, 1.807) is 14.2 Å². The average Bonchev–Trinajstić information content (AvgIpc) is 3.29. The van der Waals surface area contributed by atoms with Gasteiger partial charge in [-0.1, -0.05) is 24.3 Å². The van der Waals surface area contributed by atoms with E-state index in [1.165, 1.54) is 11.1 Å². The van der Waals surface area contributed by atoms with Crippen molar-refractivity contribution in [3.05, 3.63) is 72.1 Å². The summed E-state index contributed by atoms with van der Waals surface area (Å²) in [6, 6.07) is 16.2. The third-order valence-electron chi connectivity index (χ3n) is 5.11. The van der Waals surface area contributed by atoms with Crippen molar-refractivity contribution in [2.45, 2.75) is 12.8 Å². The lowest BCUT2D eigenvalue weighted by Gasteiger charge is -2.22. The second-order valence-corrected chi connectivity index (χ2v) is 7.21. The van der Waals surface area contributed by atoms with Crippen LogP contribution in [0.4, 0.5) is 0 Å². The number of para-hydroxylation sites is 1. The van der Waals surface area contributed by atoms with Gasteiger partial charge < -0.3 is 19.7 Å². The van der Waals surface area contributed by atoms with Crippen LogP contribution in [0.5, 0.6) is 11.5 Å². The molecule has 0 spiro atoms. The molecule has 0 unspecified atom stereocenters. The molecule has 0 aliphatic heterocycles. The van der Waals surface area contributed by atoms with Gasteiger partial charge in [-0.25, -0.2) is 4.68 Å². The predicted molar refractivity (Wildman–Crippen MR) is 140 cm³/mol. The van der Waals surface area contributed by atoms with Crippen LogP contribution in [0.2, 0.25) is 0 Å². The molecule has 7 nitrogen and oxygen atoms in total. The van der Waals surface area contributed by atoms with Gasteiger partial charge in [0.25, 0.3) is 0 Å². The molecule has 3 aromatic rings. The fourth-order valence-electron chi connectivity index (χ4n) is 3.35. The summed E-state index contributed by atoms with van der Waals surface area (Å²) in [5.41, 5.74) is 3.43. The molecule has 32 heavy (non-hydrogen) atoms. The van der Waals surface area contributed by atoms with Crippen molar-refractivity contribution >= 4 is 29.9 Å². The summed E-state index contributed by atoms with van der Waals surface area (Å²) in [6.07, 6.45) is 5.73. The minimum Gasteiger partial charge on any atom is -0.493 e. The van der Waals surface area contributed by atoms with Crippen molar-refractivity contribution in [1.29, 1.82) is 0 Å². The molecule has 0 saturated heterocycles. The van der Waals surface area contributed by atoms with E-state index in [1.807, 2.05) is 67.4 Å². The molecule has 0 radical (unpaired) electrons. The third-order valence-corrected chi connectivity index (χ3v) is 5.11. The zero-order chi connectivity index (χ0) is 22.1. The highest BCUT2D eigenvalue weighted by Gasteiger charge is 2.09. The van der Waals surface area contributed by atoms with E-state index in [2.05, 4.69) is 32.6 Å². The van der Waals surface area contributed by atoms with E-state index in [-0.39, 0.29) is 24.0 Å². The zero-order valence-corrected chi connectivity index (χ0v) is 21.4. The Morgan fingerprint density at radius 3 is 2.47 bits per heavy atom. The maximum absolute atomic E-state index is 5.40. The second kappa shape index (κ2) is 12.9. The highest BCUT2D eigenvalue weighted by Crippen LogP contribution is 2.27. The van der Waals surface area contributed by atoms with Gasteiger partial charge in [0.1, 0.15) is 0 Å². The van der Waals surface area contributed by atoms with Crippen LogP contribution in [0.3, 0.4) is 0 Å². The number of likely N-dealkylation sites (N-methyl/N-ethyl adjacent to an activating group) is 1. The molecular weight excluding hydrogens is 517 g/mol. The normalized spacial score (nSPS) is 10.9. The molecule has 3 rings (SSSR count). The molecule has 1 aromatic heterocycles. The van der Waals surface area contributed by atoms with Crippen LogP contribution in [0.25, 0.3) is 5.69 Å². The van der Waals surface area contributed by atoms with Gasteiger partial charge in [0.2, 0.25) is 0 Å². The van der Waals surface area contributed by atoms with Crippen LogP contribution in [-0.2, 0) is 12.8 Å². The lowest BCUT2D eigenvalue weighted by molar-refractivity contribution is 0.354. The molecule has 2 aromatic carbocycles. The molecule has 8 heteroatoms. The van der Waals surface area contributed by atoms with Gasteiger partial charge >= 0.3 is 0 Å². The van der Waals surface area contributed by atoms with Gasteiger partial charge in [-0.15, -0.1) is 24.0 Å². The fraction of sp³-hybridized carbons (Fsp3) is 0.333. The van der Waals surface area contributed by atoms with E-state index in [9.17, 15) is 0 Å². The maximum atomic E-state index is 5.40. The van der Waals surface area contributed by atoms with Crippen molar-refractivity contribution in [3.8, 4) is 17.2 Å². The number of benzene rings is 2. The number of hydrogen-bond donors (Lipinski definition) is 1. The van der Waals surface area contributed by atoms with Crippen molar-refractivity contribution in [3.63, 3.8) is 0 Å². The molecule has 0 aliphatic rings. The topological polar surface area (TPSA) is 63.9 Å². The van der Waals surface area contributed by atoms with Crippen LogP contribution < -0.4 is 14.8 Å². The van der Waals surface area contributed by atoms with Gasteiger partial charge in [0, 0.05) is 33.4 Å². The van der Waals surface area contributed by atoms with E-state index < -0.39 is 0 Å². The van der Waals surface area contributed by atoms with Gasteiger partial charge in [-0.2, -0.15) is 5.10 Å². The van der Waals surface area contributed by atoms with Gasteiger partial charge in [-0.3, -0.25) is 4.99 Å². The van der Waals surface area contributed by atoms with Crippen LogP contribution in [0.1, 0.15) is 11.1 Å². The van der Waals surface area contributed by atoms with Crippen LogP contribution in [-0.4, -0.2) is 62.0 Å². The Kier molecular flexibility index (Phi) is 10.3. The first-order valence-corrected chi connectivity index (χ1v) is 10.4. The van der Waals surface area contributed by atoms with E-state index in [0.29, 0.717) is 0 Å².